The number of nitrogens with zero attached hydrogens (tertiary/aromatic N) is 2. The average molecular weight is 477 g/mol. The number of aromatic nitrogens is 1. The summed E-state index contributed by atoms with van der Waals surface area (Å²) < 4.78 is 11.5. The van der Waals surface area contributed by atoms with Crippen molar-refractivity contribution in [3.8, 4) is 17.4 Å². The molecule has 4 rings (SSSR count). The van der Waals surface area contributed by atoms with E-state index in [2.05, 4.69) is 18.8 Å². The largest absolute Gasteiger partial charge is 0.493 e. The van der Waals surface area contributed by atoms with Crippen molar-refractivity contribution in [3.63, 3.8) is 0 Å². The Labute approximate surface area is 203 Å². The molecule has 3 aromatic rings. The van der Waals surface area contributed by atoms with E-state index in [1.165, 1.54) is 4.90 Å². The van der Waals surface area contributed by atoms with Crippen LogP contribution in [0.25, 0.3) is 6.08 Å². The van der Waals surface area contributed by atoms with Gasteiger partial charge in [-0.2, -0.15) is 0 Å². The number of hydrogen-bond donors (Lipinski definition) is 0. The summed E-state index contributed by atoms with van der Waals surface area (Å²) in [6.07, 6.45) is 5.26. The molecule has 0 aliphatic carbocycles. The van der Waals surface area contributed by atoms with Crippen LogP contribution in [-0.2, 0) is 0 Å². The van der Waals surface area contributed by atoms with E-state index in [0.29, 0.717) is 46.1 Å². The van der Waals surface area contributed by atoms with Crippen LogP contribution < -0.4 is 9.47 Å². The molecule has 0 unspecified atom stereocenters. The zero-order valence-electron chi connectivity index (χ0n) is 19.2. The predicted molar refractivity (Wildman–Crippen MR) is 132 cm³/mol. The maximum atomic E-state index is 12.6. The van der Waals surface area contributed by atoms with Crippen molar-refractivity contribution < 1.29 is 19.1 Å². The third kappa shape index (κ3) is 5.13. The van der Waals surface area contributed by atoms with Gasteiger partial charge in [0, 0.05) is 18.3 Å². The lowest BCUT2D eigenvalue weighted by molar-refractivity contribution is 0.0625. The van der Waals surface area contributed by atoms with E-state index in [9.17, 15) is 9.59 Å². The van der Waals surface area contributed by atoms with Gasteiger partial charge in [-0.25, -0.2) is 4.98 Å². The molecule has 0 saturated heterocycles. The fourth-order valence-corrected chi connectivity index (χ4v) is 3.70. The molecule has 2 heterocycles. The van der Waals surface area contributed by atoms with Crippen molar-refractivity contribution in [2.45, 2.75) is 26.8 Å². The standard InChI is InChI=1S/C27H25ClN2O4/c1-17(2)16-33-20-11-12-24(23(28)14-20)34-25-13-10-19(15-29-25)9-8-18(3)30-26(31)21-6-4-5-7-22(21)27(30)32/h4-15,17-18H,16H2,1-3H3/t18-/m0/s1. The lowest BCUT2D eigenvalue weighted by atomic mass is 10.1. The minimum Gasteiger partial charge on any atom is -0.493 e. The van der Waals surface area contributed by atoms with Gasteiger partial charge in [0.25, 0.3) is 11.8 Å². The summed E-state index contributed by atoms with van der Waals surface area (Å²) in [6, 6.07) is 15.3. The fourth-order valence-electron chi connectivity index (χ4n) is 3.49. The maximum Gasteiger partial charge on any atom is 0.262 e. The minimum absolute atomic E-state index is 0.280. The molecule has 7 heteroatoms. The van der Waals surface area contributed by atoms with Gasteiger partial charge in [-0.05, 0) is 48.7 Å². The van der Waals surface area contributed by atoms with Gasteiger partial charge in [0.1, 0.15) is 11.5 Å². The van der Waals surface area contributed by atoms with Crippen LogP contribution in [0.2, 0.25) is 5.02 Å². The summed E-state index contributed by atoms with van der Waals surface area (Å²) in [5.74, 6) is 1.42. The van der Waals surface area contributed by atoms with Gasteiger partial charge in [0.15, 0.2) is 0 Å². The molecule has 0 radical (unpaired) electrons. The molecule has 2 amide bonds. The second-order valence-electron chi connectivity index (χ2n) is 8.45. The van der Waals surface area contributed by atoms with E-state index in [-0.39, 0.29) is 11.8 Å². The number of halogens is 1. The van der Waals surface area contributed by atoms with E-state index in [0.717, 1.165) is 5.56 Å². The number of rotatable bonds is 8. The van der Waals surface area contributed by atoms with E-state index in [1.54, 1.807) is 67.7 Å². The van der Waals surface area contributed by atoms with Crippen LogP contribution >= 0.6 is 11.6 Å². The Kier molecular flexibility index (Phi) is 6.98. The molecule has 1 aliphatic rings. The summed E-state index contributed by atoms with van der Waals surface area (Å²) in [4.78, 5) is 30.8. The van der Waals surface area contributed by atoms with Crippen LogP contribution in [0.3, 0.4) is 0 Å². The van der Waals surface area contributed by atoms with Crippen molar-refractivity contribution in [2.24, 2.45) is 5.92 Å². The lowest BCUT2D eigenvalue weighted by Gasteiger charge is -2.19. The minimum atomic E-state index is -0.404. The molecular weight excluding hydrogens is 452 g/mol. The number of carbonyl (C=O) groups excluding carboxylic acids is 2. The summed E-state index contributed by atoms with van der Waals surface area (Å²) in [5.41, 5.74) is 1.68. The van der Waals surface area contributed by atoms with E-state index in [1.807, 2.05) is 12.1 Å². The normalized spacial score (nSPS) is 14.1. The number of benzene rings is 2. The smallest absolute Gasteiger partial charge is 0.262 e. The van der Waals surface area contributed by atoms with Gasteiger partial charge in [0.2, 0.25) is 5.88 Å². The van der Waals surface area contributed by atoms with Gasteiger partial charge in [-0.3, -0.25) is 14.5 Å². The number of pyridine rings is 1. The van der Waals surface area contributed by atoms with Crippen molar-refractivity contribution in [3.05, 3.63) is 88.6 Å². The highest BCUT2D eigenvalue weighted by molar-refractivity contribution is 6.32. The molecule has 174 valence electrons. The highest BCUT2D eigenvalue weighted by Gasteiger charge is 2.37. The Morgan fingerprint density at radius 3 is 2.29 bits per heavy atom. The van der Waals surface area contributed by atoms with Crippen molar-refractivity contribution >= 4 is 29.5 Å². The highest BCUT2D eigenvalue weighted by Crippen LogP contribution is 2.32. The molecule has 34 heavy (non-hydrogen) atoms. The van der Waals surface area contributed by atoms with Crippen LogP contribution in [0.5, 0.6) is 17.4 Å². The van der Waals surface area contributed by atoms with Crippen molar-refractivity contribution in [2.75, 3.05) is 6.61 Å². The second-order valence-corrected chi connectivity index (χ2v) is 8.86. The number of ether oxygens (including phenoxy) is 2. The molecule has 0 fully saturated rings. The van der Waals surface area contributed by atoms with Crippen LogP contribution in [0.1, 0.15) is 47.1 Å². The molecule has 0 saturated carbocycles. The Bertz CT molecular complexity index is 1200. The van der Waals surface area contributed by atoms with Gasteiger partial charge in [-0.15, -0.1) is 0 Å². The first-order chi connectivity index (χ1) is 16.3. The third-order valence-corrected chi connectivity index (χ3v) is 5.56. The van der Waals surface area contributed by atoms with Gasteiger partial charge in [0.05, 0.1) is 28.8 Å². The molecular formula is C27H25ClN2O4. The SMILES string of the molecule is CC(C)COc1ccc(Oc2ccc(C=C[C@H](C)N3C(=O)c4ccccc4C3=O)cn2)c(Cl)c1. The fraction of sp³-hybridized carbons (Fsp3) is 0.222. The lowest BCUT2D eigenvalue weighted by Crippen LogP contribution is -2.36. The van der Waals surface area contributed by atoms with Crippen LogP contribution in [0, 0.1) is 5.92 Å². The molecule has 6 nitrogen and oxygen atoms in total. The monoisotopic (exact) mass is 476 g/mol. The number of hydrogen-bond acceptors (Lipinski definition) is 5. The zero-order valence-corrected chi connectivity index (χ0v) is 20.0. The Hall–Kier alpha value is -3.64. The average Bonchev–Trinajstić information content (AvgIpc) is 3.09. The highest BCUT2D eigenvalue weighted by atomic mass is 35.5. The molecule has 2 aromatic carbocycles. The number of carbonyl (C=O) groups is 2. The summed E-state index contributed by atoms with van der Waals surface area (Å²) in [5, 5.41) is 0.432. The van der Waals surface area contributed by atoms with E-state index >= 15 is 0 Å². The van der Waals surface area contributed by atoms with E-state index < -0.39 is 6.04 Å². The third-order valence-electron chi connectivity index (χ3n) is 5.26. The molecule has 0 spiro atoms. The Balaban J connectivity index is 1.39. The van der Waals surface area contributed by atoms with Crippen molar-refractivity contribution in [1.82, 2.24) is 9.88 Å². The first kappa shape index (κ1) is 23.5. The first-order valence-electron chi connectivity index (χ1n) is 11.0. The summed E-state index contributed by atoms with van der Waals surface area (Å²) >= 11 is 6.33. The molecule has 0 bridgehead atoms. The van der Waals surface area contributed by atoms with Crippen LogP contribution in [0.15, 0.2) is 66.9 Å². The zero-order chi connectivity index (χ0) is 24.2. The summed E-state index contributed by atoms with van der Waals surface area (Å²) in [6.45, 7) is 6.57. The number of amides is 2. The van der Waals surface area contributed by atoms with Gasteiger partial charge < -0.3 is 9.47 Å². The molecule has 1 aliphatic heterocycles. The maximum absolute atomic E-state index is 12.6. The van der Waals surface area contributed by atoms with Gasteiger partial charge >= 0.3 is 0 Å². The molecule has 1 atom stereocenters. The second kappa shape index (κ2) is 10.1. The topological polar surface area (TPSA) is 68.7 Å². The first-order valence-corrected chi connectivity index (χ1v) is 11.4. The quantitative estimate of drug-likeness (QED) is 0.359. The van der Waals surface area contributed by atoms with Crippen LogP contribution in [0.4, 0.5) is 0 Å². The predicted octanol–water partition coefficient (Wildman–Crippen LogP) is 6.26. The Morgan fingerprint density at radius 2 is 1.71 bits per heavy atom. The van der Waals surface area contributed by atoms with E-state index in [4.69, 9.17) is 21.1 Å². The number of fused-ring (bicyclic) bond motifs is 1. The van der Waals surface area contributed by atoms with Gasteiger partial charge in [-0.1, -0.05) is 49.7 Å². The summed E-state index contributed by atoms with van der Waals surface area (Å²) in [7, 11) is 0. The van der Waals surface area contributed by atoms with Crippen LogP contribution in [-0.4, -0.2) is 34.3 Å². The van der Waals surface area contributed by atoms with Crippen molar-refractivity contribution in [1.29, 1.82) is 0 Å². The molecule has 1 aromatic heterocycles. The molecule has 0 N–H and O–H groups in total. The Morgan fingerprint density at radius 1 is 1.00 bits per heavy atom. The number of imide groups is 1.